The van der Waals surface area contributed by atoms with Crippen molar-refractivity contribution in [3.8, 4) is 0 Å². The van der Waals surface area contributed by atoms with Crippen molar-refractivity contribution in [2.45, 2.75) is 45.8 Å². The van der Waals surface area contributed by atoms with Gasteiger partial charge in [-0.25, -0.2) is 0 Å². The number of carbonyl (C=O) groups excluding carboxylic acids is 1. The highest BCUT2D eigenvalue weighted by molar-refractivity contribution is 5.93. The number of amides is 1. The third kappa shape index (κ3) is 3.51. The molecule has 0 heterocycles. The van der Waals surface area contributed by atoms with Crippen molar-refractivity contribution in [3.63, 3.8) is 0 Å². The minimum Gasteiger partial charge on any atom is -0.398 e. The van der Waals surface area contributed by atoms with Gasteiger partial charge in [-0.15, -0.1) is 0 Å². The molecule has 20 heavy (non-hydrogen) atoms. The monoisotopic (exact) mass is 276 g/mol. The highest BCUT2D eigenvalue weighted by Gasteiger charge is 2.25. The molecular weight excluding hydrogens is 252 g/mol. The summed E-state index contributed by atoms with van der Waals surface area (Å²) in [4.78, 5) is 11.1. The normalized spacial score (nSPS) is 26.4. The Bertz CT molecular complexity index is 487. The number of nitrogens with two attached hydrogens (primary N) is 2. The molecule has 0 saturated heterocycles. The lowest BCUT2D eigenvalue weighted by atomic mass is 9.80. The number of anilines is 1. The fourth-order valence-electron chi connectivity index (χ4n) is 2.74. The van der Waals surface area contributed by atoms with E-state index in [9.17, 15) is 4.79 Å². The quantitative estimate of drug-likeness (QED) is 0.830. The molecule has 0 spiro atoms. The molecule has 1 amide bonds. The lowest BCUT2D eigenvalue weighted by Crippen LogP contribution is -2.26. The number of ether oxygens (including phenoxy) is 1. The number of hydrogen-bond acceptors (Lipinski definition) is 3. The van der Waals surface area contributed by atoms with Gasteiger partial charge >= 0.3 is 0 Å². The first kappa shape index (κ1) is 14.9. The minimum atomic E-state index is -0.459. The first-order valence-corrected chi connectivity index (χ1v) is 7.27. The smallest absolute Gasteiger partial charge is 0.248 e. The maximum absolute atomic E-state index is 11.1. The zero-order valence-corrected chi connectivity index (χ0v) is 12.3. The summed E-state index contributed by atoms with van der Waals surface area (Å²) in [6.45, 7) is 5.09. The van der Waals surface area contributed by atoms with Gasteiger partial charge in [-0.3, -0.25) is 4.79 Å². The third-order valence-electron chi connectivity index (χ3n) is 4.45. The van der Waals surface area contributed by atoms with E-state index >= 15 is 0 Å². The summed E-state index contributed by atoms with van der Waals surface area (Å²) in [5, 5.41) is 0. The molecule has 1 saturated carbocycles. The summed E-state index contributed by atoms with van der Waals surface area (Å²) in [5.74, 6) is 1.04. The van der Waals surface area contributed by atoms with E-state index in [4.69, 9.17) is 16.2 Å². The molecule has 0 radical (unpaired) electrons. The summed E-state index contributed by atoms with van der Waals surface area (Å²) in [6.07, 6.45) is 3.77. The highest BCUT2D eigenvalue weighted by atomic mass is 16.5. The largest absolute Gasteiger partial charge is 0.398 e. The molecule has 4 N–H and O–H groups in total. The van der Waals surface area contributed by atoms with Crippen molar-refractivity contribution in [1.29, 1.82) is 0 Å². The summed E-state index contributed by atoms with van der Waals surface area (Å²) < 4.78 is 5.97. The number of primary amides is 1. The molecule has 1 fully saturated rings. The first-order valence-electron chi connectivity index (χ1n) is 7.27. The van der Waals surface area contributed by atoms with Crippen molar-refractivity contribution in [1.82, 2.24) is 0 Å². The molecule has 1 aromatic carbocycles. The van der Waals surface area contributed by atoms with E-state index in [0.717, 1.165) is 24.3 Å². The van der Waals surface area contributed by atoms with Crippen LogP contribution in [0.3, 0.4) is 0 Å². The third-order valence-corrected chi connectivity index (χ3v) is 4.45. The van der Waals surface area contributed by atoms with Crippen molar-refractivity contribution < 1.29 is 9.53 Å². The highest BCUT2D eigenvalue weighted by Crippen LogP contribution is 2.31. The number of rotatable bonds is 4. The Morgan fingerprint density at radius 1 is 1.30 bits per heavy atom. The van der Waals surface area contributed by atoms with Gasteiger partial charge in [0.2, 0.25) is 5.91 Å². The van der Waals surface area contributed by atoms with E-state index in [2.05, 4.69) is 13.8 Å². The van der Waals surface area contributed by atoms with Gasteiger partial charge in [0.25, 0.3) is 0 Å². The van der Waals surface area contributed by atoms with Crippen molar-refractivity contribution in [2.24, 2.45) is 17.6 Å². The van der Waals surface area contributed by atoms with E-state index in [-0.39, 0.29) is 0 Å². The van der Waals surface area contributed by atoms with Crippen LogP contribution in [-0.2, 0) is 11.3 Å². The standard InChI is InChI=1S/C16H24N2O2/c1-10-3-6-14(7-11(10)2)20-9-13-5-4-12(16(18)19)8-15(13)17/h4-5,8,10-11,14H,3,6-7,9,17H2,1-2H3,(H2,18,19). The Hall–Kier alpha value is -1.55. The van der Waals surface area contributed by atoms with Gasteiger partial charge < -0.3 is 16.2 Å². The molecule has 0 bridgehead atoms. The van der Waals surface area contributed by atoms with Crippen molar-refractivity contribution in [2.75, 3.05) is 5.73 Å². The van der Waals surface area contributed by atoms with E-state index in [1.54, 1.807) is 12.1 Å². The average molecular weight is 276 g/mol. The van der Waals surface area contributed by atoms with E-state index in [1.165, 1.54) is 6.42 Å². The van der Waals surface area contributed by atoms with Crippen LogP contribution in [0.1, 0.15) is 49.0 Å². The van der Waals surface area contributed by atoms with Crippen molar-refractivity contribution >= 4 is 11.6 Å². The number of nitrogen functional groups attached to an aromatic ring is 1. The van der Waals surface area contributed by atoms with Gasteiger partial charge in [-0.05, 0) is 43.2 Å². The molecule has 0 aromatic heterocycles. The lowest BCUT2D eigenvalue weighted by molar-refractivity contribution is -0.00722. The molecule has 1 aliphatic rings. The fraction of sp³-hybridized carbons (Fsp3) is 0.562. The Labute approximate surface area is 120 Å². The van der Waals surface area contributed by atoms with E-state index in [1.807, 2.05) is 6.07 Å². The molecule has 3 atom stereocenters. The second-order valence-electron chi connectivity index (χ2n) is 5.98. The molecule has 4 heteroatoms. The molecule has 4 nitrogen and oxygen atoms in total. The topological polar surface area (TPSA) is 78.3 Å². The SMILES string of the molecule is CC1CCC(OCc2ccc(C(N)=O)cc2N)CC1C. The van der Waals surface area contributed by atoms with Crippen LogP contribution in [0.15, 0.2) is 18.2 Å². The maximum Gasteiger partial charge on any atom is 0.248 e. The zero-order chi connectivity index (χ0) is 14.7. The number of carbonyl (C=O) groups is 1. The Morgan fingerprint density at radius 2 is 2.05 bits per heavy atom. The number of hydrogen-bond donors (Lipinski definition) is 2. The average Bonchev–Trinajstić information content (AvgIpc) is 2.41. The second-order valence-corrected chi connectivity index (χ2v) is 5.98. The van der Waals surface area contributed by atoms with E-state index < -0.39 is 5.91 Å². The van der Waals surface area contributed by atoms with E-state index in [0.29, 0.717) is 29.9 Å². The van der Waals surface area contributed by atoms with Crippen molar-refractivity contribution in [3.05, 3.63) is 29.3 Å². The van der Waals surface area contributed by atoms with Crippen LogP contribution in [-0.4, -0.2) is 12.0 Å². The Kier molecular flexibility index (Phi) is 4.65. The van der Waals surface area contributed by atoms with Crippen LogP contribution in [0, 0.1) is 11.8 Å². The van der Waals surface area contributed by atoms with Crippen LogP contribution < -0.4 is 11.5 Å². The first-order chi connectivity index (χ1) is 9.47. The van der Waals surface area contributed by atoms with Gasteiger partial charge in [-0.1, -0.05) is 19.9 Å². The molecule has 0 aliphatic heterocycles. The molecule has 2 rings (SSSR count). The van der Waals surface area contributed by atoms with Crippen LogP contribution in [0.5, 0.6) is 0 Å². The summed E-state index contributed by atoms with van der Waals surface area (Å²) in [6, 6.07) is 5.14. The van der Waals surface area contributed by atoms with Crippen LogP contribution in [0.25, 0.3) is 0 Å². The maximum atomic E-state index is 11.1. The Morgan fingerprint density at radius 3 is 2.65 bits per heavy atom. The molecule has 110 valence electrons. The van der Waals surface area contributed by atoms with Crippen LogP contribution >= 0.6 is 0 Å². The van der Waals surface area contributed by atoms with Gasteiger partial charge in [0.1, 0.15) is 0 Å². The second kappa shape index (κ2) is 6.27. The molecule has 1 aromatic rings. The minimum absolute atomic E-state index is 0.316. The van der Waals surface area contributed by atoms with Gasteiger partial charge in [-0.2, -0.15) is 0 Å². The number of benzene rings is 1. The molecular formula is C16H24N2O2. The van der Waals surface area contributed by atoms with Crippen LogP contribution in [0.2, 0.25) is 0 Å². The lowest BCUT2D eigenvalue weighted by Gasteiger charge is -2.32. The van der Waals surface area contributed by atoms with Gasteiger partial charge in [0.05, 0.1) is 12.7 Å². The Balaban J connectivity index is 1.93. The predicted molar refractivity (Wildman–Crippen MR) is 80.1 cm³/mol. The predicted octanol–water partition coefficient (Wildman–Crippen LogP) is 2.71. The zero-order valence-electron chi connectivity index (χ0n) is 12.3. The van der Waals surface area contributed by atoms with Crippen LogP contribution in [0.4, 0.5) is 5.69 Å². The summed E-state index contributed by atoms with van der Waals surface area (Å²) >= 11 is 0. The van der Waals surface area contributed by atoms with Gasteiger partial charge in [0, 0.05) is 16.8 Å². The fourth-order valence-corrected chi connectivity index (χ4v) is 2.74. The van der Waals surface area contributed by atoms with Gasteiger partial charge in [0.15, 0.2) is 0 Å². The molecule has 1 aliphatic carbocycles. The summed E-state index contributed by atoms with van der Waals surface area (Å²) in [5.41, 5.74) is 13.1. The molecule has 3 unspecified atom stereocenters. The summed E-state index contributed by atoms with van der Waals surface area (Å²) in [7, 11) is 0.